The molecule has 0 saturated carbocycles. The predicted octanol–water partition coefficient (Wildman–Crippen LogP) is 3.23. The van der Waals surface area contributed by atoms with E-state index in [1.54, 1.807) is 18.2 Å². The monoisotopic (exact) mass is 260 g/mol. The molecule has 1 aromatic carbocycles. The second-order valence-electron chi connectivity index (χ2n) is 4.00. The van der Waals surface area contributed by atoms with Crippen molar-refractivity contribution < 1.29 is 18.0 Å². The van der Waals surface area contributed by atoms with Crippen molar-refractivity contribution >= 4 is 17.2 Å². The Morgan fingerprint density at radius 1 is 1.39 bits per heavy atom. The molecule has 0 saturated heterocycles. The van der Waals surface area contributed by atoms with Gasteiger partial charge in [-0.25, -0.2) is 0 Å². The van der Waals surface area contributed by atoms with Crippen molar-refractivity contribution in [2.45, 2.75) is 25.9 Å². The highest BCUT2D eigenvalue weighted by atomic mass is 19.4. The lowest BCUT2D eigenvalue weighted by Crippen LogP contribution is -2.11. The summed E-state index contributed by atoms with van der Waals surface area (Å²) >= 11 is 0. The van der Waals surface area contributed by atoms with Crippen molar-refractivity contribution in [3.63, 3.8) is 0 Å². The van der Waals surface area contributed by atoms with Gasteiger partial charge in [0.05, 0.1) is 0 Å². The standard InChI is InChI=1S/C12H15F3N2O/c1-8(18)10-7-9(3-4-11(10)16)17-6-2-5-12(13,14)15/h3-4,7,17H,2,5-6,16H2,1H3. The van der Waals surface area contributed by atoms with Crippen LogP contribution in [0.25, 0.3) is 0 Å². The molecule has 0 aliphatic heterocycles. The van der Waals surface area contributed by atoms with Crippen LogP contribution >= 0.6 is 0 Å². The lowest BCUT2D eigenvalue weighted by Gasteiger charge is -2.10. The van der Waals surface area contributed by atoms with Gasteiger partial charge in [-0.05, 0) is 31.5 Å². The van der Waals surface area contributed by atoms with Crippen LogP contribution in [0.1, 0.15) is 30.1 Å². The molecular formula is C12H15F3N2O. The smallest absolute Gasteiger partial charge is 0.389 e. The van der Waals surface area contributed by atoms with Gasteiger partial charge in [-0.15, -0.1) is 0 Å². The van der Waals surface area contributed by atoms with Crippen LogP contribution in [0.4, 0.5) is 24.5 Å². The summed E-state index contributed by atoms with van der Waals surface area (Å²) in [5.74, 6) is -0.175. The molecule has 0 radical (unpaired) electrons. The fourth-order valence-corrected chi connectivity index (χ4v) is 1.49. The Morgan fingerprint density at radius 2 is 2.06 bits per heavy atom. The normalized spacial score (nSPS) is 11.3. The van der Waals surface area contributed by atoms with E-state index in [0.717, 1.165) is 0 Å². The quantitative estimate of drug-likeness (QED) is 0.485. The molecular weight excluding hydrogens is 245 g/mol. The summed E-state index contributed by atoms with van der Waals surface area (Å²) in [7, 11) is 0. The zero-order valence-electron chi connectivity index (χ0n) is 9.97. The number of Topliss-reactive ketones (excluding diaryl/α,β-unsaturated/α-hetero) is 1. The highest BCUT2D eigenvalue weighted by Crippen LogP contribution is 2.22. The first-order valence-corrected chi connectivity index (χ1v) is 5.50. The van der Waals surface area contributed by atoms with Crippen LogP contribution in [-0.2, 0) is 0 Å². The van der Waals surface area contributed by atoms with E-state index in [1.165, 1.54) is 6.92 Å². The number of rotatable bonds is 5. The SMILES string of the molecule is CC(=O)c1cc(NCCCC(F)(F)F)ccc1N. The summed E-state index contributed by atoms with van der Waals surface area (Å²) in [6, 6.07) is 4.74. The van der Waals surface area contributed by atoms with Gasteiger partial charge in [0.15, 0.2) is 5.78 Å². The molecule has 0 aliphatic carbocycles. The van der Waals surface area contributed by atoms with Gasteiger partial charge in [0.25, 0.3) is 0 Å². The number of hydrogen-bond donors (Lipinski definition) is 2. The fourth-order valence-electron chi connectivity index (χ4n) is 1.49. The molecule has 3 nitrogen and oxygen atoms in total. The van der Waals surface area contributed by atoms with E-state index >= 15 is 0 Å². The van der Waals surface area contributed by atoms with Crippen molar-refractivity contribution in [2.75, 3.05) is 17.6 Å². The molecule has 0 fully saturated rings. The lowest BCUT2D eigenvalue weighted by atomic mass is 10.1. The third-order valence-corrected chi connectivity index (χ3v) is 2.40. The second kappa shape index (κ2) is 5.75. The van der Waals surface area contributed by atoms with Gasteiger partial charge in [0.2, 0.25) is 0 Å². The average molecular weight is 260 g/mol. The Balaban J connectivity index is 2.53. The van der Waals surface area contributed by atoms with Gasteiger partial charge in [-0.1, -0.05) is 0 Å². The maximum atomic E-state index is 11.9. The number of benzene rings is 1. The van der Waals surface area contributed by atoms with E-state index in [1.807, 2.05) is 0 Å². The Hall–Kier alpha value is -1.72. The van der Waals surface area contributed by atoms with E-state index < -0.39 is 12.6 Å². The molecule has 0 amide bonds. The third kappa shape index (κ3) is 4.65. The van der Waals surface area contributed by atoms with Crippen molar-refractivity contribution in [1.82, 2.24) is 0 Å². The average Bonchev–Trinajstić information content (AvgIpc) is 2.24. The maximum absolute atomic E-state index is 11.9. The van der Waals surface area contributed by atoms with Gasteiger partial charge in [-0.2, -0.15) is 13.2 Å². The van der Waals surface area contributed by atoms with Crippen LogP contribution < -0.4 is 11.1 Å². The van der Waals surface area contributed by atoms with E-state index in [-0.39, 0.29) is 18.7 Å². The fraction of sp³-hybridized carbons (Fsp3) is 0.417. The first-order chi connectivity index (χ1) is 8.29. The van der Waals surface area contributed by atoms with E-state index in [9.17, 15) is 18.0 Å². The zero-order chi connectivity index (χ0) is 13.8. The van der Waals surface area contributed by atoms with Crippen LogP contribution in [0.2, 0.25) is 0 Å². The van der Waals surface area contributed by atoms with Gasteiger partial charge in [-0.3, -0.25) is 4.79 Å². The van der Waals surface area contributed by atoms with Crippen LogP contribution in [0.3, 0.4) is 0 Å². The molecule has 18 heavy (non-hydrogen) atoms. The first-order valence-electron chi connectivity index (χ1n) is 5.50. The number of halogens is 3. The summed E-state index contributed by atoms with van der Waals surface area (Å²) in [4.78, 5) is 11.2. The third-order valence-electron chi connectivity index (χ3n) is 2.40. The Bertz CT molecular complexity index is 430. The van der Waals surface area contributed by atoms with E-state index in [0.29, 0.717) is 16.9 Å². The number of carbonyl (C=O) groups is 1. The molecule has 0 heterocycles. The molecule has 1 aromatic rings. The summed E-state index contributed by atoms with van der Waals surface area (Å²) in [5, 5.41) is 2.83. The Morgan fingerprint density at radius 3 is 2.61 bits per heavy atom. The number of ketones is 1. The predicted molar refractivity (Wildman–Crippen MR) is 64.6 cm³/mol. The molecule has 0 spiro atoms. The number of carbonyl (C=O) groups excluding carboxylic acids is 1. The number of nitrogen functional groups attached to an aromatic ring is 1. The zero-order valence-corrected chi connectivity index (χ0v) is 9.97. The minimum absolute atomic E-state index is 0.0106. The van der Waals surface area contributed by atoms with Gasteiger partial charge >= 0.3 is 6.18 Å². The van der Waals surface area contributed by atoms with Gasteiger partial charge in [0.1, 0.15) is 0 Å². The second-order valence-corrected chi connectivity index (χ2v) is 4.00. The lowest BCUT2D eigenvalue weighted by molar-refractivity contribution is -0.134. The highest BCUT2D eigenvalue weighted by Gasteiger charge is 2.25. The molecule has 6 heteroatoms. The van der Waals surface area contributed by atoms with E-state index in [4.69, 9.17) is 5.73 Å². The number of nitrogens with two attached hydrogens (primary N) is 1. The molecule has 100 valence electrons. The molecule has 3 N–H and O–H groups in total. The summed E-state index contributed by atoms with van der Waals surface area (Å²) in [6.07, 6.45) is -4.97. The topological polar surface area (TPSA) is 55.1 Å². The molecule has 0 atom stereocenters. The van der Waals surface area contributed by atoms with Crippen LogP contribution in [-0.4, -0.2) is 18.5 Å². The number of nitrogens with one attached hydrogen (secondary N) is 1. The van der Waals surface area contributed by atoms with Crippen LogP contribution in [0, 0.1) is 0 Å². The van der Waals surface area contributed by atoms with Crippen molar-refractivity contribution in [3.8, 4) is 0 Å². The number of hydrogen-bond acceptors (Lipinski definition) is 3. The Kier molecular flexibility index (Phi) is 4.58. The van der Waals surface area contributed by atoms with Gasteiger partial charge < -0.3 is 11.1 Å². The first kappa shape index (κ1) is 14.3. The molecule has 0 unspecified atom stereocenters. The Labute approximate surface area is 103 Å². The summed E-state index contributed by atoms with van der Waals surface area (Å²) < 4.78 is 35.7. The molecule has 1 rings (SSSR count). The highest BCUT2D eigenvalue weighted by molar-refractivity contribution is 5.99. The molecule has 0 aliphatic rings. The molecule has 0 bridgehead atoms. The minimum Gasteiger partial charge on any atom is -0.398 e. The maximum Gasteiger partial charge on any atom is 0.389 e. The number of alkyl halides is 3. The van der Waals surface area contributed by atoms with E-state index in [2.05, 4.69) is 5.32 Å². The summed E-state index contributed by atoms with van der Waals surface area (Å²) in [5.41, 5.74) is 6.93. The number of anilines is 2. The van der Waals surface area contributed by atoms with Crippen LogP contribution in [0.5, 0.6) is 0 Å². The van der Waals surface area contributed by atoms with Crippen LogP contribution in [0.15, 0.2) is 18.2 Å². The van der Waals surface area contributed by atoms with Crippen molar-refractivity contribution in [3.05, 3.63) is 23.8 Å². The molecule has 0 aromatic heterocycles. The van der Waals surface area contributed by atoms with Crippen molar-refractivity contribution in [1.29, 1.82) is 0 Å². The van der Waals surface area contributed by atoms with Crippen molar-refractivity contribution in [2.24, 2.45) is 0 Å². The summed E-state index contributed by atoms with van der Waals surface area (Å²) in [6.45, 7) is 1.58. The van der Waals surface area contributed by atoms with Gasteiger partial charge in [0, 0.05) is 29.9 Å². The minimum atomic E-state index is -4.13. The largest absolute Gasteiger partial charge is 0.398 e.